The molecule has 0 spiro atoms. The van der Waals surface area contributed by atoms with Crippen LogP contribution in [-0.4, -0.2) is 42.6 Å². The summed E-state index contributed by atoms with van der Waals surface area (Å²) in [5, 5.41) is 0. The first-order valence-electron chi connectivity index (χ1n) is 5.82. The van der Waals surface area contributed by atoms with E-state index in [4.69, 9.17) is 10.5 Å². The molecular weight excluding hydrogens is 192 g/mol. The van der Waals surface area contributed by atoms with Gasteiger partial charge >= 0.3 is 0 Å². The van der Waals surface area contributed by atoms with Crippen LogP contribution in [-0.2, 0) is 9.53 Å². The number of nitrogens with two attached hydrogens (primary N) is 1. The molecule has 2 heterocycles. The smallest absolute Gasteiger partial charge is 0.223 e. The summed E-state index contributed by atoms with van der Waals surface area (Å²) in [6.07, 6.45) is 3.39. The minimum absolute atomic E-state index is 0.244. The minimum atomic E-state index is 0.244. The monoisotopic (exact) mass is 212 g/mol. The summed E-state index contributed by atoms with van der Waals surface area (Å²) < 4.78 is 5.69. The second-order valence-corrected chi connectivity index (χ2v) is 4.80. The zero-order valence-electron chi connectivity index (χ0n) is 9.32. The molecule has 2 bridgehead atoms. The molecule has 2 fully saturated rings. The van der Waals surface area contributed by atoms with Gasteiger partial charge in [-0.1, -0.05) is 6.92 Å². The van der Waals surface area contributed by atoms with Crippen LogP contribution in [0.3, 0.4) is 0 Å². The quantitative estimate of drug-likeness (QED) is 0.735. The number of carbonyl (C=O) groups is 1. The van der Waals surface area contributed by atoms with E-state index in [0.29, 0.717) is 25.2 Å². The van der Waals surface area contributed by atoms with Crippen LogP contribution < -0.4 is 5.73 Å². The summed E-state index contributed by atoms with van der Waals surface area (Å²) in [4.78, 5) is 13.9. The Morgan fingerprint density at radius 2 is 2.07 bits per heavy atom. The van der Waals surface area contributed by atoms with Crippen LogP contribution in [0, 0.1) is 5.92 Å². The lowest BCUT2D eigenvalue weighted by Gasteiger charge is -2.32. The number of hydrogen-bond donors (Lipinski definition) is 1. The van der Waals surface area contributed by atoms with Gasteiger partial charge in [-0.3, -0.25) is 4.79 Å². The van der Waals surface area contributed by atoms with Gasteiger partial charge in [-0.2, -0.15) is 0 Å². The molecule has 2 aliphatic rings. The van der Waals surface area contributed by atoms with Crippen LogP contribution in [0.25, 0.3) is 0 Å². The van der Waals surface area contributed by atoms with Crippen LogP contribution in [0.5, 0.6) is 0 Å². The van der Waals surface area contributed by atoms with Gasteiger partial charge in [0, 0.05) is 19.5 Å². The van der Waals surface area contributed by atoms with Crippen molar-refractivity contribution in [1.29, 1.82) is 0 Å². The molecular formula is C11H20N2O2. The molecule has 1 amide bonds. The fraction of sp³-hybridized carbons (Fsp3) is 0.909. The molecule has 0 aromatic heterocycles. The van der Waals surface area contributed by atoms with Crippen molar-refractivity contribution >= 4 is 5.91 Å². The van der Waals surface area contributed by atoms with Gasteiger partial charge in [0.1, 0.15) is 0 Å². The zero-order valence-corrected chi connectivity index (χ0v) is 9.32. The maximum Gasteiger partial charge on any atom is 0.223 e. The Kier molecular flexibility index (Phi) is 3.26. The number of nitrogens with zero attached hydrogens (tertiary/aromatic N) is 1. The predicted octanol–water partition coefficient (Wildman–Crippen LogP) is 0.361. The van der Waals surface area contributed by atoms with Gasteiger partial charge in [-0.25, -0.2) is 0 Å². The summed E-state index contributed by atoms with van der Waals surface area (Å²) in [5.41, 5.74) is 5.52. The van der Waals surface area contributed by atoms with Crippen LogP contribution in [0.2, 0.25) is 0 Å². The van der Waals surface area contributed by atoms with Gasteiger partial charge in [-0.15, -0.1) is 0 Å². The second kappa shape index (κ2) is 4.49. The summed E-state index contributed by atoms with van der Waals surface area (Å²) in [7, 11) is 0. The lowest BCUT2D eigenvalue weighted by atomic mass is 10.1. The highest BCUT2D eigenvalue weighted by Crippen LogP contribution is 2.26. The van der Waals surface area contributed by atoms with Crippen molar-refractivity contribution in [1.82, 2.24) is 4.90 Å². The van der Waals surface area contributed by atoms with Crippen LogP contribution in [0.4, 0.5) is 0 Å². The van der Waals surface area contributed by atoms with Crippen molar-refractivity contribution in [2.24, 2.45) is 11.7 Å². The Hall–Kier alpha value is -0.610. The lowest BCUT2D eigenvalue weighted by Crippen LogP contribution is -2.46. The van der Waals surface area contributed by atoms with E-state index in [2.05, 4.69) is 0 Å². The van der Waals surface area contributed by atoms with Gasteiger partial charge < -0.3 is 15.4 Å². The molecule has 2 N–H and O–H groups in total. The molecule has 86 valence electrons. The van der Waals surface area contributed by atoms with Crippen molar-refractivity contribution in [3.63, 3.8) is 0 Å². The van der Waals surface area contributed by atoms with Crippen molar-refractivity contribution in [3.8, 4) is 0 Å². The maximum atomic E-state index is 11.9. The molecule has 3 atom stereocenters. The average Bonchev–Trinajstić information content (AvgIpc) is 2.57. The van der Waals surface area contributed by atoms with Crippen LogP contribution in [0.1, 0.15) is 26.2 Å². The maximum absolute atomic E-state index is 11.9. The Bertz CT molecular complexity index is 233. The molecule has 2 saturated heterocycles. The molecule has 15 heavy (non-hydrogen) atoms. The number of likely N-dealkylation sites (tertiary alicyclic amines) is 1. The van der Waals surface area contributed by atoms with Gasteiger partial charge in [0.15, 0.2) is 0 Å². The van der Waals surface area contributed by atoms with Crippen molar-refractivity contribution in [2.45, 2.75) is 38.4 Å². The molecule has 2 rings (SSSR count). The average molecular weight is 212 g/mol. The molecule has 4 heteroatoms. The molecule has 0 aromatic rings. The summed E-state index contributed by atoms with van der Waals surface area (Å²) in [6.45, 7) is 4.18. The zero-order chi connectivity index (χ0) is 10.8. The number of morpholine rings is 1. The molecule has 4 nitrogen and oxygen atoms in total. The minimum Gasteiger partial charge on any atom is -0.371 e. The van der Waals surface area contributed by atoms with Crippen molar-refractivity contribution < 1.29 is 9.53 Å². The topological polar surface area (TPSA) is 55.6 Å². The highest BCUT2D eigenvalue weighted by molar-refractivity contribution is 5.76. The first kappa shape index (κ1) is 10.9. The third-order valence-electron chi connectivity index (χ3n) is 3.32. The summed E-state index contributed by atoms with van der Waals surface area (Å²) in [6, 6.07) is 0. The third-order valence-corrected chi connectivity index (χ3v) is 3.32. The first-order valence-corrected chi connectivity index (χ1v) is 5.82. The fourth-order valence-electron chi connectivity index (χ4n) is 2.33. The number of ether oxygens (including phenoxy) is 1. The number of hydrogen-bond acceptors (Lipinski definition) is 3. The molecule has 0 aromatic carbocycles. The molecule has 0 radical (unpaired) electrons. The van der Waals surface area contributed by atoms with Crippen molar-refractivity contribution in [3.05, 3.63) is 0 Å². The van der Waals surface area contributed by atoms with E-state index < -0.39 is 0 Å². The van der Waals surface area contributed by atoms with E-state index in [9.17, 15) is 4.79 Å². The summed E-state index contributed by atoms with van der Waals surface area (Å²) >= 11 is 0. The second-order valence-electron chi connectivity index (χ2n) is 4.80. The Morgan fingerprint density at radius 3 is 2.60 bits per heavy atom. The Balaban J connectivity index is 1.86. The number of carbonyl (C=O) groups excluding carboxylic acids is 1. The summed E-state index contributed by atoms with van der Waals surface area (Å²) in [5.74, 6) is 0.533. The number of amides is 1. The van der Waals surface area contributed by atoms with Crippen molar-refractivity contribution in [2.75, 3.05) is 19.6 Å². The Labute approximate surface area is 90.8 Å². The normalized spacial score (nSPS) is 31.7. The van der Waals surface area contributed by atoms with Gasteiger partial charge in [0.05, 0.1) is 12.2 Å². The molecule has 0 saturated carbocycles. The number of fused-ring (bicyclic) bond motifs is 2. The largest absolute Gasteiger partial charge is 0.371 e. The van der Waals surface area contributed by atoms with Gasteiger partial charge in [0.2, 0.25) is 5.91 Å². The standard InChI is InChI=1S/C11H20N2O2/c1-8(5-12)4-11(14)13-6-9-2-3-10(7-13)15-9/h8-10H,2-7,12H2,1H3. The third kappa shape index (κ3) is 2.49. The van der Waals surface area contributed by atoms with Crippen LogP contribution >= 0.6 is 0 Å². The van der Waals surface area contributed by atoms with E-state index in [-0.39, 0.29) is 11.8 Å². The lowest BCUT2D eigenvalue weighted by molar-refractivity contribution is -0.140. The van der Waals surface area contributed by atoms with E-state index in [0.717, 1.165) is 25.9 Å². The first-order chi connectivity index (χ1) is 7.19. The SMILES string of the molecule is CC(CN)CC(=O)N1CC2CCC(C1)O2. The highest BCUT2D eigenvalue weighted by Gasteiger charge is 2.35. The molecule has 2 aliphatic heterocycles. The van der Waals surface area contributed by atoms with E-state index in [1.54, 1.807) is 0 Å². The van der Waals surface area contributed by atoms with Gasteiger partial charge in [-0.05, 0) is 25.3 Å². The van der Waals surface area contributed by atoms with E-state index in [1.165, 1.54) is 0 Å². The molecule has 0 aliphatic carbocycles. The van der Waals surface area contributed by atoms with Crippen LogP contribution in [0.15, 0.2) is 0 Å². The van der Waals surface area contributed by atoms with E-state index in [1.807, 2.05) is 11.8 Å². The number of rotatable bonds is 3. The predicted molar refractivity (Wildman–Crippen MR) is 57.3 cm³/mol. The molecule has 3 unspecified atom stereocenters. The van der Waals surface area contributed by atoms with Gasteiger partial charge in [0.25, 0.3) is 0 Å². The Morgan fingerprint density at radius 1 is 1.47 bits per heavy atom. The van der Waals surface area contributed by atoms with E-state index >= 15 is 0 Å². The fourth-order valence-corrected chi connectivity index (χ4v) is 2.33. The highest BCUT2D eigenvalue weighted by atomic mass is 16.5.